The zero-order chi connectivity index (χ0) is 16.0. The Bertz CT molecular complexity index is 593. The molecular formula is C17H16F3NO. The Morgan fingerprint density at radius 2 is 1.91 bits per heavy atom. The second kappa shape index (κ2) is 7.17. The second-order valence-electron chi connectivity index (χ2n) is 5.07. The maximum absolute atomic E-state index is 12.5. The highest BCUT2D eigenvalue weighted by Gasteiger charge is 2.29. The quantitative estimate of drug-likeness (QED) is 0.472. The fourth-order valence-electron chi connectivity index (χ4n) is 2.34. The largest absolute Gasteiger partial charge is 0.416 e. The lowest BCUT2D eigenvalue weighted by Crippen LogP contribution is -2.34. The van der Waals surface area contributed by atoms with Crippen LogP contribution in [0.25, 0.3) is 0 Å². The van der Waals surface area contributed by atoms with Gasteiger partial charge in [-0.05, 0) is 49.6 Å². The maximum Gasteiger partial charge on any atom is 0.416 e. The van der Waals surface area contributed by atoms with Crippen LogP contribution in [-0.2, 0) is 11.0 Å². The van der Waals surface area contributed by atoms with Crippen LogP contribution in [0.4, 0.5) is 13.2 Å². The van der Waals surface area contributed by atoms with Crippen LogP contribution >= 0.6 is 0 Å². The molecule has 1 unspecified atom stereocenters. The Kier molecular flexibility index (Phi) is 5.26. The lowest BCUT2D eigenvalue weighted by Gasteiger charge is -2.31. The number of rotatable bonds is 2. The number of halogens is 3. The molecule has 0 bridgehead atoms. The van der Waals surface area contributed by atoms with Gasteiger partial charge < -0.3 is 4.90 Å². The van der Waals surface area contributed by atoms with Gasteiger partial charge in [-0.25, -0.2) is 0 Å². The van der Waals surface area contributed by atoms with Gasteiger partial charge in [-0.3, -0.25) is 4.79 Å². The molecule has 1 atom stereocenters. The first kappa shape index (κ1) is 16.2. The van der Waals surface area contributed by atoms with E-state index in [0.29, 0.717) is 5.56 Å². The molecule has 1 aliphatic heterocycles. The number of aldehydes is 1. The van der Waals surface area contributed by atoms with E-state index in [1.807, 2.05) is 4.90 Å². The van der Waals surface area contributed by atoms with Crippen molar-refractivity contribution in [3.8, 4) is 11.8 Å². The van der Waals surface area contributed by atoms with Crippen LogP contribution < -0.4 is 0 Å². The van der Waals surface area contributed by atoms with Crippen molar-refractivity contribution in [3.05, 3.63) is 47.7 Å². The van der Waals surface area contributed by atoms with Crippen molar-refractivity contribution in [1.82, 2.24) is 4.90 Å². The van der Waals surface area contributed by atoms with Crippen molar-refractivity contribution in [2.75, 3.05) is 6.54 Å². The van der Waals surface area contributed by atoms with E-state index in [4.69, 9.17) is 0 Å². The summed E-state index contributed by atoms with van der Waals surface area (Å²) in [5.74, 6) is 6.00. The molecule has 0 saturated carbocycles. The number of benzene rings is 1. The molecule has 5 heteroatoms. The lowest BCUT2D eigenvalue weighted by molar-refractivity contribution is -0.137. The number of hydrogen-bond acceptors (Lipinski definition) is 2. The second-order valence-corrected chi connectivity index (χ2v) is 5.07. The molecule has 1 aliphatic rings. The number of carbonyl (C=O) groups excluding carboxylic acids is 1. The number of carbonyl (C=O) groups is 1. The third-order valence-electron chi connectivity index (χ3n) is 3.50. The molecule has 2 rings (SSSR count). The van der Waals surface area contributed by atoms with E-state index < -0.39 is 11.7 Å². The monoisotopic (exact) mass is 307 g/mol. The Balaban J connectivity index is 2.10. The van der Waals surface area contributed by atoms with Gasteiger partial charge in [0.05, 0.1) is 11.6 Å². The Morgan fingerprint density at radius 3 is 2.55 bits per heavy atom. The number of nitrogens with zero attached hydrogens (tertiary/aromatic N) is 1. The van der Waals surface area contributed by atoms with Gasteiger partial charge in [0.2, 0.25) is 0 Å². The number of hydrogen-bond donors (Lipinski definition) is 0. The fourth-order valence-corrected chi connectivity index (χ4v) is 2.34. The highest BCUT2D eigenvalue weighted by molar-refractivity contribution is 5.64. The zero-order valence-corrected chi connectivity index (χ0v) is 11.9. The van der Waals surface area contributed by atoms with Crippen molar-refractivity contribution < 1.29 is 18.0 Å². The Morgan fingerprint density at radius 1 is 1.18 bits per heavy atom. The Labute approximate surface area is 127 Å². The van der Waals surface area contributed by atoms with E-state index in [1.54, 1.807) is 6.20 Å². The third kappa shape index (κ3) is 4.39. The molecule has 0 aromatic heterocycles. The smallest absolute Gasteiger partial charge is 0.364 e. The highest BCUT2D eigenvalue weighted by atomic mass is 19.4. The Hall–Kier alpha value is -2.22. The number of allylic oxidation sites excluding steroid dienone is 1. The summed E-state index contributed by atoms with van der Waals surface area (Å²) in [6.45, 7) is 0.830. The minimum Gasteiger partial charge on any atom is -0.364 e. The first-order valence-electron chi connectivity index (χ1n) is 7.07. The number of piperidine rings is 1. The average molecular weight is 307 g/mol. The molecule has 0 radical (unpaired) electrons. The van der Waals surface area contributed by atoms with E-state index in [2.05, 4.69) is 11.8 Å². The topological polar surface area (TPSA) is 20.3 Å². The number of likely N-dealkylation sites (tertiary alicyclic amines) is 1. The predicted molar refractivity (Wildman–Crippen MR) is 77.9 cm³/mol. The summed E-state index contributed by atoms with van der Waals surface area (Å²) in [5.41, 5.74) is -0.121. The van der Waals surface area contributed by atoms with Gasteiger partial charge in [-0.15, -0.1) is 0 Å². The van der Waals surface area contributed by atoms with Crippen molar-refractivity contribution in [2.24, 2.45) is 0 Å². The summed E-state index contributed by atoms with van der Waals surface area (Å²) in [7, 11) is 0. The van der Waals surface area contributed by atoms with Crippen molar-refractivity contribution >= 4 is 6.29 Å². The van der Waals surface area contributed by atoms with Crippen LogP contribution in [0.15, 0.2) is 36.5 Å². The standard InChI is InChI=1S/C17H16F3NO/c18-17(19,20)15-8-5-14(6-9-15)7-10-16-4-1-2-11-21(16)12-3-13-22/h3,5-6,8-9,12-13,16H,1-2,4,11H2. The van der Waals surface area contributed by atoms with Gasteiger partial charge in [0.15, 0.2) is 0 Å². The molecule has 0 N–H and O–H groups in total. The summed E-state index contributed by atoms with van der Waals surface area (Å²) >= 11 is 0. The van der Waals surface area contributed by atoms with E-state index >= 15 is 0 Å². The summed E-state index contributed by atoms with van der Waals surface area (Å²) < 4.78 is 37.5. The predicted octanol–water partition coefficient (Wildman–Crippen LogP) is 3.62. The normalized spacial score (nSPS) is 18.9. The maximum atomic E-state index is 12.5. The van der Waals surface area contributed by atoms with Gasteiger partial charge >= 0.3 is 6.18 Å². The van der Waals surface area contributed by atoms with Crippen LogP contribution in [-0.4, -0.2) is 23.8 Å². The fraction of sp³-hybridized carbons (Fsp3) is 0.353. The first-order chi connectivity index (χ1) is 10.5. The summed E-state index contributed by atoms with van der Waals surface area (Å²) in [5, 5.41) is 0. The van der Waals surface area contributed by atoms with E-state index in [1.165, 1.54) is 18.2 Å². The van der Waals surface area contributed by atoms with Gasteiger partial charge in [-0.1, -0.05) is 11.8 Å². The van der Waals surface area contributed by atoms with Crippen molar-refractivity contribution in [3.63, 3.8) is 0 Å². The van der Waals surface area contributed by atoms with Gasteiger partial charge in [0.25, 0.3) is 0 Å². The van der Waals surface area contributed by atoms with Crippen LogP contribution in [0.5, 0.6) is 0 Å². The van der Waals surface area contributed by atoms with Gasteiger partial charge in [0.1, 0.15) is 6.29 Å². The van der Waals surface area contributed by atoms with E-state index in [9.17, 15) is 18.0 Å². The van der Waals surface area contributed by atoms with E-state index in [-0.39, 0.29) is 6.04 Å². The molecule has 0 aliphatic carbocycles. The van der Waals surface area contributed by atoms with Crippen molar-refractivity contribution in [1.29, 1.82) is 0 Å². The summed E-state index contributed by atoms with van der Waals surface area (Å²) in [6, 6.07) is 4.82. The molecule has 1 fully saturated rings. The zero-order valence-electron chi connectivity index (χ0n) is 11.9. The molecule has 1 heterocycles. The average Bonchev–Trinajstić information content (AvgIpc) is 2.51. The van der Waals surface area contributed by atoms with Gasteiger partial charge in [0, 0.05) is 18.3 Å². The molecule has 2 nitrogen and oxygen atoms in total. The SMILES string of the molecule is O=CC=CN1CCCCC1C#Cc1ccc(C(F)(F)F)cc1. The van der Waals surface area contributed by atoms with Crippen LogP contribution in [0, 0.1) is 11.8 Å². The molecule has 1 aromatic rings. The molecule has 0 spiro atoms. The van der Waals surface area contributed by atoms with E-state index in [0.717, 1.165) is 44.2 Å². The van der Waals surface area contributed by atoms with Gasteiger partial charge in [-0.2, -0.15) is 13.2 Å². The molecule has 116 valence electrons. The molecule has 1 aromatic carbocycles. The molecular weight excluding hydrogens is 291 g/mol. The molecule has 0 amide bonds. The summed E-state index contributed by atoms with van der Waals surface area (Å²) in [4.78, 5) is 12.4. The minimum absolute atomic E-state index is 0.00718. The lowest BCUT2D eigenvalue weighted by atomic mass is 10.0. The summed E-state index contributed by atoms with van der Waals surface area (Å²) in [6.07, 6.45) is 2.52. The van der Waals surface area contributed by atoms with Crippen LogP contribution in [0.3, 0.4) is 0 Å². The van der Waals surface area contributed by atoms with Crippen molar-refractivity contribution in [2.45, 2.75) is 31.5 Å². The van der Waals surface area contributed by atoms with Crippen LogP contribution in [0.2, 0.25) is 0 Å². The molecule has 1 saturated heterocycles. The minimum atomic E-state index is -4.33. The third-order valence-corrected chi connectivity index (χ3v) is 3.50. The number of alkyl halides is 3. The highest BCUT2D eigenvalue weighted by Crippen LogP contribution is 2.29. The first-order valence-corrected chi connectivity index (χ1v) is 7.07. The van der Waals surface area contributed by atoms with Crippen LogP contribution in [0.1, 0.15) is 30.4 Å². The molecule has 22 heavy (non-hydrogen) atoms.